The Balaban J connectivity index is 1.82. The number of rotatable bonds is 1. The quantitative estimate of drug-likeness (QED) is 0.713. The number of amides is 2. The largest absolute Gasteiger partial charge is 0.335 e. The van der Waals surface area contributed by atoms with Gasteiger partial charge in [-0.15, -0.1) is 0 Å². The molecule has 1 aliphatic heterocycles. The van der Waals surface area contributed by atoms with Crippen LogP contribution in [0.3, 0.4) is 0 Å². The number of nitrogens with zero attached hydrogens (tertiary/aromatic N) is 1. The number of likely N-dealkylation sites (tertiary alicyclic amines) is 1. The van der Waals surface area contributed by atoms with Crippen LogP contribution in [0.4, 0.5) is 4.79 Å². The van der Waals surface area contributed by atoms with Gasteiger partial charge in [0, 0.05) is 19.1 Å². The Morgan fingerprint density at radius 1 is 1.00 bits per heavy atom. The molecule has 1 aliphatic carbocycles. The molecule has 18 heavy (non-hydrogen) atoms. The third-order valence-corrected chi connectivity index (χ3v) is 4.74. The second-order valence-electron chi connectivity index (χ2n) is 6.34. The number of hydrogen-bond donors (Lipinski definition) is 1. The monoisotopic (exact) mass is 252 g/mol. The van der Waals surface area contributed by atoms with Crippen LogP contribution in [0, 0.1) is 11.8 Å². The standard InChI is InChI=1S/C15H28N2O/c1-12-8-10-17(11-9-12)15(18)16-14-7-5-3-4-6-13(14)2/h12-14H,3-11H2,1-2H3,(H,16,18). The van der Waals surface area contributed by atoms with E-state index in [0.717, 1.165) is 38.3 Å². The number of hydrogen-bond acceptors (Lipinski definition) is 1. The van der Waals surface area contributed by atoms with Crippen molar-refractivity contribution in [2.75, 3.05) is 13.1 Å². The molecule has 104 valence electrons. The molecule has 2 unspecified atom stereocenters. The number of urea groups is 1. The van der Waals surface area contributed by atoms with Crippen molar-refractivity contribution in [1.82, 2.24) is 10.2 Å². The minimum Gasteiger partial charge on any atom is -0.335 e. The van der Waals surface area contributed by atoms with Crippen molar-refractivity contribution in [2.45, 2.75) is 64.8 Å². The third-order valence-electron chi connectivity index (χ3n) is 4.74. The molecule has 0 bridgehead atoms. The van der Waals surface area contributed by atoms with E-state index in [1.165, 1.54) is 25.7 Å². The second-order valence-corrected chi connectivity index (χ2v) is 6.34. The van der Waals surface area contributed by atoms with E-state index in [1.807, 2.05) is 4.90 Å². The van der Waals surface area contributed by atoms with Crippen molar-refractivity contribution in [3.05, 3.63) is 0 Å². The fourth-order valence-corrected chi connectivity index (χ4v) is 3.17. The van der Waals surface area contributed by atoms with Gasteiger partial charge in [0.2, 0.25) is 0 Å². The molecule has 2 atom stereocenters. The van der Waals surface area contributed by atoms with Gasteiger partial charge in [-0.1, -0.05) is 33.1 Å². The van der Waals surface area contributed by atoms with Gasteiger partial charge < -0.3 is 10.2 Å². The van der Waals surface area contributed by atoms with Gasteiger partial charge in [-0.25, -0.2) is 4.79 Å². The lowest BCUT2D eigenvalue weighted by atomic mass is 9.97. The number of piperidine rings is 1. The highest BCUT2D eigenvalue weighted by Gasteiger charge is 2.25. The maximum absolute atomic E-state index is 12.2. The Morgan fingerprint density at radius 3 is 2.39 bits per heavy atom. The summed E-state index contributed by atoms with van der Waals surface area (Å²) in [5.74, 6) is 1.42. The first kappa shape index (κ1) is 13.7. The maximum Gasteiger partial charge on any atom is 0.317 e. The fraction of sp³-hybridized carbons (Fsp3) is 0.933. The summed E-state index contributed by atoms with van der Waals surface area (Å²) in [5, 5.41) is 3.28. The molecule has 0 aromatic heterocycles. The van der Waals surface area contributed by atoms with Gasteiger partial charge in [-0.05, 0) is 37.5 Å². The summed E-state index contributed by atoms with van der Waals surface area (Å²) in [4.78, 5) is 14.3. The lowest BCUT2D eigenvalue weighted by Gasteiger charge is -2.33. The zero-order valence-corrected chi connectivity index (χ0v) is 12.0. The number of carbonyl (C=O) groups is 1. The van der Waals surface area contributed by atoms with Crippen LogP contribution in [0.5, 0.6) is 0 Å². The maximum atomic E-state index is 12.2. The average Bonchev–Trinajstić information content (AvgIpc) is 2.56. The van der Waals surface area contributed by atoms with Crippen molar-refractivity contribution >= 4 is 6.03 Å². The van der Waals surface area contributed by atoms with Gasteiger partial charge in [-0.3, -0.25) is 0 Å². The molecule has 2 rings (SSSR count). The molecular formula is C15H28N2O. The van der Waals surface area contributed by atoms with Crippen molar-refractivity contribution in [1.29, 1.82) is 0 Å². The Hall–Kier alpha value is -0.730. The van der Waals surface area contributed by atoms with Crippen molar-refractivity contribution in [2.24, 2.45) is 11.8 Å². The summed E-state index contributed by atoms with van der Waals surface area (Å²) in [7, 11) is 0. The van der Waals surface area contributed by atoms with Gasteiger partial charge >= 0.3 is 6.03 Å². The van der Waals surface area contributed by atoms with E-state index < -0.39 is 0 Å². The van der Waals surface area contributed by atoms with E-state index in [1.54, 1.807) is 0 Å². The first-order chi connectivity index (χ1) is 8.66. The SMILES string of the molecule is CC1CCN(C(=O)NC2CCCCCC2C)CC1. The first-order valence-electron chi connectivity index (χ1n) is 7.72. The molecule has 0 aromatic carbocycles. The van der Waals surface area contributed by atoms with Crippen LogP contribution in [0.25, 0.3) is 0 Å². The smallest absolute Gasteiger partial charge is 0.317 e. The minimum atomic E-state index is 0.181. The highest BCUT2D eigenvalue weighted by molar-refractivity contribution is 5.74. The van der Waals surface area contributed by atoms with Crippen LogP contribution in [0.15, 0.2) is 0 Å². The average molecular weight is 252 g/mol. The first-order valence-corrected chi connectivity index (χ1v) is 7.72. The predicted molar refractivity (Wildman–Crippen MR) is 74.5 cm³/mol. The molecule has 0 radical (unpaired) electrons. The lowest BCUT2D eigenvalue weighted by molar-refractivity contribution is 0.166. The van der Waals surface area contributed by atoms with Crippen LogP contribution < -0.4 is 5.32 Å². The molecule has 3 heteroatoms. The van der Waals surface area contributed by atoms with Crippen LogP contribution in [-0.2, 0) is 0 Å². The van der Waals surface area contributed by atoms with Crippen molar-refractivity contribution in [3.8, 4) is 0 Å². The number of nitrogens with one attached hydrogen (secondary N) is 1. The molecular weight excluding hydrogens is 224 g/mol. The summed E-state index contributed by atoms with van der Waals surface area (Å²) in [5.41, 5.74) is 0. The van der Waals surface area contributed by atoms with Crippen molar-refractivity contribution < 1.29 is 4.79 Å². The highest BCUT2D eigenvalue weighted by atomic mass is 16.2. The Bertz CT molecular complexity index is 272. The Kier molecular flexibility index (Phi) is 4.90. The van der Waals surface area contributed by atoms with Crippen LogP contribution in [-0.4, -0.2) is 30.1 Å². The summed E-state index contributed by atoms with van der Waals surface area (Å²) in [6.45, 7) is 6.44. The zero-order chi connectivity index (χ0) is 13.0. The number of carbonyl (C=O) groups excluding carboxylic acids is 1. The summed E-state index contributed by atoms with van der Waals surface area (Å²) in [6.07, 6.45) is 8.68. The summed E-state index contributed by atoms with van der Waals surface area (Å²) in [6, 6.07) is 0.583. The molecule has 3 nitrogen and oxygen atoms in total. The van der Waals surface area contributed by atoms with Crippen LogP contribution in [0.1, 0.15) is 58.8 Å². The third kappa shape index (κ3) is 3.63. The molecule has 2 aliphatic rings. The molecule has 2 amide bonds. The van der Waals surface area contributed by atoms with Crippen LogP contribution >= 0.6 is 0 Å². The van der Waals surface area contributed by atoms with Crippen LogP contribution in [0.2, 0.25) is 0 Å². The molecule has 1 saturated heterocycles. The normalized spacial score (nSPS) is 30.9. The molecule has 0 aromatic rings. The predicted octanol–water partition coefficient (Wildman–Crippen LogP) is 3.40. The summed E-state index contributed by atoms with van der Waals surface area (Å²) < 4.78 is 0. The van der Waals surface area contributed by atoms with E-state index >= 15 is 0 Å². The van der Waals surface area contributed by atoms with Crippen molar-refractivity contribution in [3.63, 3.8) is 0 Å². The van der Waals surface area contributed by atoms with E-state index in [2.05, 4.69) is 19.2 Å². The molecule has 1 N–H and O–H groups in total. The Morgan fingerprint density at radius 2 is 1.67 bits per heavy atom. The van der Waals surface area contributed by atoms with E-state index in [9.17, 15) is 4.79 Å². The van der Waals surface area contributed by atoms with E-state index in [-0.39, 0.29) is 6.03 Å². The van der Waals surface area contributed by atoms with E-state index in [4.69, 9.17) is 0 Å². The summed E-state index contributed by atoms with van der Waals surface area (Å²) >= 11 is 0. The fourth-order valence-electron chi connectivity index (χ4n) is 3.17. The molecule has 1 saturated carbocycles. The van der Waals surface area contributed by atoms with Gasteiger partial charge in [0.1, 0.15) is 0 Å². The topological polar surface area (TPSA) is 32.3 Å². The Labute approximate surface area is 111 Å². The molecule has 1 heterocycles. The zero-order valence-electron chi connectivity index (χ0n) is 12.0. The minimum absolute atomic E-state index is 0.181. The van der Waals surface area contributed by atoms with Gasteiger partial charge in [0.25, 0.3) is 0 Å². The highest BCUT2D eigenvalue weighted by Crippen LogP contribution is 2.23. The van der Waals surface area contributed by atoms with Gasteiger partial charge in [0.05, 0.1) is 0 Å². The second kappa shape index (κ2) is 6.44. The molecule has 2 fully saturated rings. The van der Waals surface area contributed by atoms with Gasteiger partial charge in [0.15, 0.2) is 0 Å². The van der Waals surface area contributed by atoms with Gasteiger partial charge in [-0.2, -0.15) is 0 Å². The van der Waals surface area contributed by atoms with E-state index in [0.29, 0.717) is 12.0 Å². The lowest BCUT2D eigenvalue weighted by Crippen LogP contribution is -2.49. The molecule has 0 spiro atoms.